The summed E-state index contributed by atoms with van der Waals surface area (Å²) in [6.45, 7) is -0.503. The first-order chi connectivity index (χ1) is 7.13. The topological polar surface area (TPSA) is 83.5 Å². The van der Waals surface area contributed by atoms with Crippen molar-refractivity contribution in [2.75, 3.05) is 6.61 Å². The molecule has 82 valence electrons. The number of ketones is 1. The van der Waals surface area contributed by atoms with Gasteiger partial charge in [-0.3, -0.25) is 4.79 Å². The molecule has 0 radical (unpaired) electrons. The first-order valence-corrected chi connectivity index (χ1v) is 4.80. The number of phenolic OH excluding ortho intramolecular Hbond substituents is 1. The Morgan fingerprint density at radius 2 is 1.93 bits per heavy atom. The number of aromatic hydroxyl groups is 1. The molecule has 1 aromatic rings. The van der Waals surface area contributed by atoms with Crippen molar-refractivity contribution in [3.63, 3.8) is 0 Å². The van der Waals surface area contributed by atoms with E-state index in [-0.39, 0.29) is 11.5 Å². The lowest BCUT2D eigenvalue weighted by Gasteiger charge is -2.08. The fourth-order valence-corrected chi connectivity index (χ4v) is 1.26. The van der Waals surface area contributed by atoms with Gasteiger partial charge in [0.25, 0.3) is 0 Å². The molecule has 0 heterocycles. The molecule has 0 spiro atoms. The lowest BCUT2D eigenvalue weighted by molar-refractivity contribution is -0.123. The summed E-state index contributed by atoms with van der Waals surface area (Å²) < 4.78 is 0. The van der Waals surface area contributed by atoms with Crippen molar-refractivity contribution in [3.8, 4) is 5.75 Å². The minimum absolute atomic E-state index is 0.217. The van der Waals surface area contributed by atoms with Crippen LogP contribution in [0.1, 0.15) is 12.0 Å². The molecule has 15 heavy (non-hydrogen) atoms. The number of Topliss-reactive ketones (excluding diaryl/α,β-unsaturated/α-hetero) is 1. The maximum Gasteiger partial charge on any atom is 0.174 e. The molecule has 0 fully saturated rings. The van der Waals surface area contributed by atoms with E-state index in [1.165, 1.54) is 0 Å². The average Bonchev–Trinajstić information content (AvgIpc) is 2.26. The summed E-state index contributed by atoms with van der Waals surface area (Å²) in [5, 5.41) is 17.6. The van der Waals surface area contributed by atoms with Crippen molar-refractivity contribution >= 4 is 5.78 Å². The van der Waals surface area contributed by atoms with Gasteiger partial charge in [-0.05, 0) is 30.5 Å². The Labute approximate surface area is 88.3 Å². The molecule has 0 bridgehead atoms. The molecule has 0 aromatic heterocycles. The van der Waals surface area contributed by atoms with Gasteiger partial charge in [0.05, 0.1) is 6.04 Å². The van der Waals surface area contributed by atoms with Crippen LogP contribution in [0.15, 0.2) is 24.3 Å². The zero-order valence-electron chi connectivity index (χ0n) is 8.39. The van der Waals surface area contributed by atoms with Gasteiger partial charge in [-0.2, -0.15) is 0 Å². The molecule has 0 aliphatic rings. The summed E-state index contributed by atoms with van der Waals surface area (Å²) >= 11 is 0. The Morgan fingerprint density at radius 3 is 2.47 bits per heavy atom. The maximum absolute atomic E-state index is 11.0. The van der Waals surface area contributed by atoms with Gasteiger partial charge in [-0.15, -0.1) is 0 Å². The highest BCUT2D eigenvalue weighted by Gasteiger charge is 2.11. The monoisotopic (exact) mass is 209 g/mol. The maximum atomic E-state index is 11.0. The van der Waals surface area contributed by atoms with E-state index in [0.717, 1.165) is 5.56 Å². The van der Waals surface area contributed by atoms with Crippen LogP contribution in [0.25, 0.3) is 0 Å². The minimum atomic E-state index is -0.608. The average molecular weight is 209 g/mol. The van der Waals surface area contributed by atoms with Crippen molar-refractivity contribution in [2.45, 2.75) is 18.9 Å². The molecule has 0 saturated heterocycles. The molecule has 1 aromatic carbocycles. The zero-order valence-corrected chi connectivity index (χ0v) is 8.39. The number of nitrogens with two attached hydrogens (primary N) is 1. The molecule has 0 saturated carbocycles. The number of carbonyl (C=O) groups excluding carboxylic acids is 1. The Kier molecular flexibility index (Phi) is 4.27. The van der Waals surface area contributed by atoms with Crippen molar-refractivity contribution in [3.05, 3.63) is 29.8 Å². The summed E-state index contributed by atoms with van der Waals surface area (Å²) in [7, 11) is 0. The van der Waals surface area contributed by atoms with E-state index >= 15 is 0 Å². The normalized spacial score (nSPS) is 12.4. The van der Waals surface area contributed by atoms with Crippen LogP contribution in [-0.2, 0) is 11.2 Å². The number of benzene rings is 1. The van der Waals surface area contributed by atoms with E-state index < -0.39 is 12.6 Å². The van der Waals surface area contributed by atoms with Gasteiger partial charge in [-0.1, -0.05) is 12.1 Å². The molecule has 4 heteroatoms. The van der Waals surface area contributed by atoms with Crippen LogP contribution in [0.4, 0.5) is 0 Å². The van der Waals surface area contributed by atoms with Gasteiger partial charge in [0.2, 0.25) is 0 Å². The van der Waals surface area contributed by atoms with Gasteiger partial charge in [0, 0.05) is 0 Å². The van der Waals surface area contributed by atoms with Crippen LogP contribution < -0.4 is 5.73 Å². The summed E-state index contributed by atoms with van der Waals surface area (Å²) in [6.07, 6.45) is 1.16. The minimum Gasteiger partial charge on any atom is -0.508 e. The van der Waals surface area contributed by atoms with Crippen LogP contribution in [0.5, 0.6) is 5.75 Å². The molecule has 4 N–H and O–H groups in total. The van der Waals surface area contributed by atoms with Gasteiger partial charge in [0.15, 0.2) is 5.78 Å². The predicted octanol–water partition coefficient (Wildman–Crippen LogP) is 0.213. The molecule has 0 unspecified atom stereocenters. The summed E-state index contributed by atoms with van der Waals surface area (Å²) in [5.41, 5.74) is 6.55. The first-order valence-electron chi connectivity index (χ1n) is 4.80. The number of phenols is 1. The number of aryl methyl sites for hydroxylation is 1. The lowest BCUT2D eigenvalue weighted by atomic mass is 10.0. The quantitative estimate of drug-likeness (QED) is 0.647. The fraction of sp³-hybridized carbons (Fsp3) is 0.364. The number of aliphatic hydroxyl groups is 1. The summed E-state index contributed by atoms with van der Waals surface area (Å²) in [6, 6.07) is 6.14. The van der Waals surface area contributed by atoms with Crippen LogP contribution in [-0.4, -0.2) is 28.6 Å². The number of hydrogen-bond acceptors (Lipinski definition) is 4. The van der Waals surface area contributed by atoms with E-state index in [9.17, 15) is 4.79 Å². The first kappa shape index (κ1) is 11.7. The Hall–Kier alpha value is -1.39. The second-order valence-electron chi connectivity index (χ2n) is 3.44. The van der Waals surface area contributed by atoms with E-state index in [2.05, 4.69) is 0 Å². The zero-order chi connectivity index (χ0) is 11.3. The largest absolute Gasteiger partial charge is 0.508 e. The second kappa shape index (κ2) is 5.48. The standard InChI is InChI=1S/C11H15NO3/c12-10(11(15)7-13)6-3-8-1-4-9(14)5-2-8/h1-2,4-5,10,13-14H,3,6-7,12H2/t10-/m0/s1. The van der Waals surface area contributed by atoms with E-state index in [4.69, 9.17) is 15.9 Å². The molecule has 0 aliphatic heterocycles. The second-order valence-corrected chi connectivity index (χ2v) is 3.44. The van der Waals surface area contributed by atoms with Gasteiger partial charge >= 0.3 is 0 Å². The Morgan fingerprint density at radius 1 is 1.33 bits per heavy atom. The molecule has 0 aliphatic carbocycles. The van der Waals surface area contributed by atoms with E-state index in [1.807, 2.05) is 0 Å². The van der Waals surface area contributed by atoms with Crippen LogP contribution in [0, 0.1) is 0 Å². The van der Waals surface area contributed by atoms with Crippen LogP contribution in [0.2, 0.25) is 0 Å². The van der Waals surface area contributed by atoms with E-state index in [1.54, 1.807) is 24.3 Å². The van der Waals surface area contributed by atoms with Gasteiger partial charge < -0.3 is 15.9 Å². The van der Waals surface area contributed by atoms with Crippen LogP contribution >= 0.6 is 0 Å². The smallest absolute Gasteiger partial charge is 0.174 e. The highest BCUT2D eigenvalue weighted by atomic mass is 16.3. The number of hydrogen-bond donors (Lipinski definition) is 3. The highest BCUT2D eigenvalue weighted by Crippen LogP contribution is 2.11. The van der Waals surface area contributed by atoms with Crippen LogP contribution in [0.3, 0.4) is 0 Å². The number of rotatable bonds is 5. The molecule has 1 rings (SSSR count). The Bertz CT molecular complexity index is 321. The lowest BCUT2D eigenvalue weighted by Crippen LogP contribution is -2.33. The molecule has 4 nitrogen and oxygen atoms in total. The van der Waals surface area contributed by atoms with Crippen molar-refractivity contribution in [1.29, 1.82) is 0 Å². The summed E-state index contributed by atoms with van der Waals surface area (Å²) in [5.74, 6) is -0.122. The third-order valence-electron chi connectivity index (χ3n) is 2.25. The molecule has 1 atom stereocenters. The Balaban J connectivity index is 2.43. The van der Waals surface area contributed by atoms with Gasteiger partial charge in [-0.25, -0.2) is 0 Å². The van der Waals surface area contributed by atoms with Crippen molar-refractivity contribution in [2.24, 2.45) is 5.73 Å². The number of carbonyl (C=O) groups is 1. The third kappa shape index (κ3) is 3.69. The molecule has 0 amide bonds. The van der Waals surface area contributed by atoms with Crippen molar-refractivity contribution in [1.82, 2.24) is 0 Å². The third-order valence-corrected chi connectivity index (χ3v) is 2.25. The number of aliphatic hydroxyl groups excluding tert-OH is 1. The van der Waals surface area contributed by atoms with Crippen molar-refractivity contribution < 1.29 is 15.0 Å². The highest BCUT2D eigenvalue weighted by molar-refractivity contribution is 5.84. The molecular weight excluding hydrogens is 194 g/mol. The molecular formula is C11H15NO3. The van der Waals surface area contributed by atoms with E-state index in [0.29, 0.717) is 12.8 Å². The van der Waals surface area contributed by atoms with Gasteiger partial charge in [0.1, 0.15) is 12.4 Å². The predicted molar refractivity (Wildman–Crippen MR) is 56.5 cm³/mol. The SMILES string of the molecule is N[C@@H](CCc1ccc(O)cc1)C(=O)CO. The fourth-order valence-electron chi connectivity index (χ4n) is 1.26. The summed E-state index contributed by atoms with van der Waals surface area (Å²) in [4.78, 5) is 11.0.